The number of nitrogens with one attached hydrogen (secondary N) is 1. The van der Waals surface area contributed by atoms with Crippen LogP contribution in [0.3, 0.4) is 0 Å². The van der Waals surface area contributed by atoms with Gasteiger partial charge >= 0.3 is 0 Å². The first kappa shape index (κ1) is 11.3. The second kappa shape index (κ2) is 4.80. The molecule has 0 fully saturated rings. The minimum absolute atomic E-state index is 0.147. The van der Waals surface area contributed by atoms with Crippen LogP contribution in [0.5, 0.6) is 0 Å². The van der Waals surface area contributed by atoms with E-state index in [2.05, 4.69) is 15.3 Å². The van der Waals surface area contributed by atoms with Crippen molar-refractivity contribution < 1.29 is 4.79 Å². The second-order valence-corrected chi connectivity index (χ2v) is 3.64. The minimum Gasteiger partial charge on any atom is -0.397 e. The average Bonchev–Trinajstić information content (AvgIpc) is 2.32. The summed E-state index contributed by atoms with van der Waals surface area (Å²) < 4.78 is 0. The Bertz CT molecular complexity index is 559. The van der Waals surface area contributed by atoms with Crippen molar-refractivity contribution in [2.75, 3.05) is 11.1 Å². The molecule has 0 atom stereocenters. The largest absolute Gasteiger partial charge is 0.397 e. The lowest BCUT2D eigenvalue weighted by Crippen LogP contribution is -2.16. The van der Waals surface area contributed by atoms with Crippen LogP contribution >= 0.6 is 11.6 Å². The second-order valence-electron chi connectivity index (χ2n) is 3.23. The highest BCUT2D eigenvalue weighted by atomic mass is 35.5. The van der Waals surface area contributed by atoms with Gasteiger partial charge in [0.1, 0.15) is 0 Å². The summed E-state index contributed by atoms with van der Waals surface area (Å²) in [6, 6.07) is 6.56. The summed E-state index contributed by atoms with van der Waals surface area (Å²) in [5.74, 6) is -0.159. The highest BCUT2D eigenvalue weighted by molar-refractivity contribution is 6.33. The Morgan fingerprint density at radius 3 is 2.65 bits per heavy atom. The van der Waals surface area contributed by atoms with Gasteiger partial charge in [0.25, 0.3) is 5.91 Å². The number of carbonyl (C=O) groups is 1. The lowest BCUT2D eigenvalue weighted by Gasteiger charge is -2.06. The van der Waals surface area contributed by atoms with Gasteiger partial charge < -0.3 is 11.1 Å². The van der Waals surface area contributed by atoms with Crippen LogP contribution in [0, 0.1) is 0 Å². The molecule has 0 spiro atoms. The zero-order chi connectivity index (χ0) is 12.3. The Labute approximate surface area is 103 Å². The normalized spacial score (nSPS) is 9.94. The molecule has 0 aliphatic rings. The standard InChI is InChI=1S/C11H9ClN4O/c12-7-3-1-6-15-10(7)16-11(17)9-8(13)4-2-5-14-9/h1-6H,13H2,(H,15,16,17). The van der Waals surface area contributed by atoms with Gasteiger partial charge in [0.2, 0.25) is 0 Å². The third-order valence-electron chi connectivity index (χ3n) is 2.04. The molecule has 0 radical (unpaired) electrons. The number of hydrogen-bond donors (Lipinski definition) is 2. The molecule has 0 saturated heterocycles. The van der Waals surface area contributed by atoms with E-state index in [0.29, 0.717) is 10.7 Å². The van der Waals surface area contributed by atoms with Gasteiger partial charge in [0.05, 0.1) is 10.7 Å². The fraction of sp³-hybridized carbons (Fsp3) is 0. The summed E-state index contributed by atoms with van der Waals surface area (Å²) in [7, 11) is 0. The highest BCUT2D eigenvalue weighted by Gasteiger charge is 2.12. The van der Waals surface area contributed by atoms with Gasteiger partial charge in [-0.25, -0.2) is 9.97 Å². The number of nitrogens with two attached hydrogens (primary N) is 1. The average molecular weight is 249 g/mol. The molecule has 2 rings (SSSR count). The van der Waals surface area contributed by atoms with E-state index in [4.69, 9.17) is 17.3 Å². The predicted molar refractivity (Wildman–Crippen MR) is 65.8 cm³/mol. The molecule has 0 unspecified atom stereocenters. The third-order valence-corrected chi connectivity index (χ3v) is 2.35. The van der Waals surface area contributed by atoms with Crippen molar-refractivity contribution in [2.45, 2.75) is 0 Å². The molecular weight excluding hydrogens is 240 g/mol. The van der Waals surface area contributed by atoms with E-state index < -0.39 is 5.91 Å². The maximum absolute atomic E-state index is 11.8. The zero-order valence-corrected chi connectivity index (χ0v) is 9.48. The topological polar surface area (TPSA) is 80.9 Å². The summed E-state index contributed by atoms with van der Waals surface area (Å²) in [6.45, 7) is 0. The first-order valence-corrected chi connectivity index (χ1v) is 5.18. The Balaban J connectivity index is 2.24. The first-order valence-electron chi connectivity index (χ1n) is 4.81. The molecule has 2 aromatic rings. The fourth-order valence-electron chi connectivity index (χ4n) is 1.25. The lowest BCUT2D eigenvalue weighted by molar-refractivity contribution is 0.102. The minimum atomic E-state index is -0.441. The Kier molecular flexibility index (Phi) is 3.20. The van der Waals surface area contributed by atoms with Crippen molar-refractivity contribution in [2.24, 2.45) is 0 Å². The van der Waals surface area contributed by atoms with Crippen molar-refractivity contribution in [1.29, 1.82) is 0 Å². The van der Waals surface area contributed by atoms with Crippen molar-refractivity contribution in [3.05, 3.63) is 47.4 Å². The monoisotopic (exact) mass is 248 g/mol. The molecule has 0 aliphatic heterocycles. The van der Waals surface area contributed by atoms with E-state index in [-0.39, 0.29) is 11.5 Å². The molecule has 0 aliphatic carbocycles. The van der Waals surface area contributed by atoms with E-state index in [9.17, 15) is 4.79 Å². The van der Waals surface area contributed by atoms with Crippen LogP contribution in [0.2, 0.25) is 5.02 Å². The number of anilines is 2. The molecule has 0 aromatic carbocycles. The Hall–Kier alpha value is -2.14. The molecule has 2 heterocycles. The first-order chi connectivity index (χ1) is 8.18. The van der Waals surface area contributed by atoms with Crippen LogP contribution in [0.1, 0.15) is 10.5 Å². The SMILES string of the molecule is Nc1cccnc1C(=O)Nc1ncccc1Cl. The lowest BCUT2D eigenvalue weighted by atomic mass is 10.3. The quantitative estimate of drug-likeness (QED) is 0.851. The molecule has 2 aromatic heterocycles. The molecule has 0 bridgehead atoms. The number of pyridine rings is 2. The zero-order valence-electron chi connectivity index (χ0n) is 8.72. The van der Waals surface area contributed by atoms with Gasteiger partial charge in [-0.05, 0) is 24.3 Å². The van der Waals surface area contributed by atoms with Gasteiger partial charge in [-0.15, -0.1) is 0 Å². The molecule has 5 nitrogen and oxygen atoms in total. The van der Waals surface area contributed by atoms with Crippen LogP contribution < -0.4 is 11.1 Å². The number of nitrogen functional groups attached to an aromatic ring is 1. The maximum atomic E-state index is 11.8. The van der Waals surface area contributed by atoms with Gasteiger partial charge in [-0.2, -0.15) is 0 Å². The molecule has 17 heavy (non-hydrogen) atoms. The predicted octanol–water partition coefficient (Wildman–Crippen LogP) is 1.96. The summed E-state index contributed by atoms with van der Waals surface area (Å²) in [6.07, 6.45) is 3.02. The summed E-state index contributed by atoms with van der Waals surface area (Å²) in [5, 5.41) is 2.90. The molecule has 86 valence electrons. The van der Waals surface area contributed by atoms with Crippen LogP contribution in [-0.2, 0) is 0 Å². The number of rotatable bonds is 2. The van der Waals surface area contributed by atoms with E-state index in [1.54, 1.807) is 24.3 Å². The molecular formula is C11H9ClN4O. The maximum Gasteiger partial charge on any atom is 0.277 e. The fourth-order valence-corrected chi connectivity index (χ4v) is 1.42. The smallest absolute Gasteiger partial charge is 0.277 e. The van der Waals surface area contributed by atoms with E-state index in [0.717, 1.165) is 0 Å². The van der Waals surface area contributed by atoms with Crippen LogP contribution in [-0.4, -0.2) is 15.9 Å². The molecule has 1 amide bonds. The summed E-state index contributed by atoms with van der Waals surface area (Å²) in [5.41, 5.74) is 6.09. The van der Waals surface area contributed by atoms with E-state index in [1.165, 1.54) is 12.4 Å². The molecule has 0 saturated carbocycles. The summed E-state index contributed by atoms with van der Waals surface area (Å²) >= 11 is 5.87. The third kappa shape index (κ3) is 2.51. The van der Waals surface area contributed by atoms with Gasteiger partial charge in [-0.3, -0.25) is 4.79 Å². The number of hydrogen-bond acceptors (Lipinski definition) is 4. The highest BCUT2D eigenvalue weighted by Crippen LogP contribution is 2.18. The van der Waals surface area contributed by atoms with Crippen molar-refractivity contribution in [3.63, 3.8) is 0 Å². The molecule has 3 N–H and O–H groups in total. The number of aromatic nitrogens is 2. The Morgan fingerprint density at radius 1 is 1.24 bits per heavy atom. The number of halogens is 1. The van der Waals surface area contributed by atoms with Crippen LogP contribution in [0.25, 0.3) is 0 Å². The van der Waals surface area contributed by atoms with Gasteiger partial charge in [0.15, 0.2) is 11.5 Å². The number of carbonyl (C=O) groups excluding carboxylic acids is 1. The van der Waals surface area contributed by atoms with Crippen molar-refractivity contribution >= 4 is 29.0 Å². The van der Waals surface area contributed by atoms with Crippen molar-refractivity contribution in [3.8, 4) is 0 Å². The van der Waals surface area contributed by atoms with Gasteiger partial charge in [-0.1, -0.05) is 11.6 Å². The van der Waals surface area contributed by atoms with E-state index in [1.807, 2.05) is 0 Å². The number of amides is 1. The van der Waals surface area contributed by atoms with Crippen LogP contribution in [0.4, 0.5) is 11.5 Å². The number of nitrogens with zero attached hydrogens (tertiary/aromatic N) is 2. The molecule has 6 heteroatoms. The summed E-state index contributed by atoms with van der Waals surface area (Å²) in [4.78, 5) is 19.7. The van der Waals surface area contributed by atoms with E-state index >= 15 is 0 Å². The van der Waals surface area contributed by atoms with Gasteiger partial charge in [0, 0.05) is 12.4 Å². The van der Waals surface area contributed by atoms with Crippen LogP contribution in [0.15, 0.2) is 36.7 Å². The Morgan fingerprint density at radius 2 is 1.94 bits per heavy atom. The van der Waals surface area contributed by atoms with Crippen molar-refractivity contribution in [1.82, 2.24) is 9.97 Å².